The number of hydrogen-bond donors (Lipinski definition) is 0. The zero-order valence-electron chi connectivity index (χ0n) is 9.27. The largest absolute Gasteiger partial charge is 0.294 e. The van der Waals surface area contributed by atoms with Crippen molar-refractivity contribution in [3.8, 4) is 11.3 Å². The molecule has 2 aromatic rings. The lowest BCUT2D eigenvalue weighted by molar-refractivity contribution is 0.0978. The van der Waals surface area contributed by atoms with Crippen molar-refractivity contribution in [2.45, 2.75) is 19.9 Å². The summed E-state index contributed by atoms with van der Waals surface area (Å²) in [7, 11) is 0. The van der Waals surface area contributed by atoms with Gasteiger partial charge in [-0.1, -0.05) is 22.9 Å². The van der Waals surface area contributed by atoms with Crippen LogP contribution in [0.1, 0.15) is 22.5 Å². The summed E-state index contributed by atoms with van der Waals surface area (Å²) in [6.45, 7) is 2.47. The van der Waals surface area contributed by atoms with E-state index in [0.717, 1.165) is 17.0 Å². The molecule has 3 rings (SSSR count). The van der Waals surface area contributed by atoms with Crippen LogP contribution in [0, 0.1) is 6.92 Å². The minimum absolute atomic E-state index is 0.104. The molecule has 1 aromatic heterocycles. The number of Topliss-reactive ketones (excluding diaryl/α,β-unsaturated/α-hetero) is 1. The van der Waals surface area contributed by atoms with E-state index in [0.29, 0.717) is 23.6 Å². The van der Waals surface area contributed by atoms with Gasteiger partial charge in [-0.25, -0.2) is 4.68 Å². The highest BCUT2D eigenvalue weighted by molar-refractivity contribution is 6.31. The molecule has 0 unspecified atom stereocenters. The third-order valence-corrected chi connectivity index (χ3v) is 3.23. The highest BCUT2D eigenvalue weighted by atomic mass is 35.5. The Morgan fingerprint density at radius 3 is 3.00 bits per heavy atom. The standard InChI is InChI=1S/C12H10ClN3O/c1-7-12-9-3-2-8(13)6-10(9)11(17)4-5-16(12)15-14-7/h2-3,6H,4-5H2,1H3. The van der Waals surface area contributed by atoms with E-state index >= 15 is 0 Å². The number of benzene rings is 1. The van der Waals surface area contributed by atoms with Crippen LogP contribution in [0.2, 0.25) is 5.02 Å². The molecule has 17 heavy (non-hydrogen) atoms. The zero-order chi connectivity index (χ0) is 12.0. The van der Waals surface area contributed by atoms with Crippen molar-refractivity contribution in [2.24, 2.45) is 0 Å². The van der Waals surface area contributed by atoms with Crippen LogP contribution in [-0.2, 0) is 6.54 Å². The number of fused-ring (bicyclic) bond motifs is 3. The molecule has 0 saturated heterocycles. The number of halogens is 1. The summed E-state index contributed by atoms with van der Waals surface area (Å²) < 4.78 is 1.78. The van der Waals surface area contributed by atoms with Crippen LogP contribution in [-0.4, -0.2) is 20.8 Å². The van der Waals surface area contributed by atoms with Gasteiger partial charge in [0.25, 0.3) is 0 Å². The molecule has 86 valence electrons. The second-order valence-electron chi connectivity index (χ2n) is 4.11. The first-order valence-electron chi connectivity index (χ1n) is 5.40. The van der Waals surface area contributed by atoms with E-state index in [9.17, 15) is 4.79 Å². The summed E-state index contributed by atoms with van der Waals surface area (Å²) >= 11 is 5.95. The molecule has 1 aliphatic heterocycles. The Bertz CT molecular complexity index is 618. The van der Waals surface area contributed by atoms with E-state index < -0.39 is 0 Å². The Labute approximate surface area is 103 Å². The number of aryl methyl sites for hydroxylation is 2. The predicted molar refractivity (Wildman–Crippen MR) is 64.2 cm³/mol. The molecule has 0 N–H and O–H groups in total. The molecule has 1 aliphatic rings. The van der Waals surface area contributed by atoms with Gasteiger partial charge in [-0.05, 0) is 19.1 Å². The number of rotatable bonds is 0. The van der Waals surface area contributed by atoms with E-state index in [1.165, 1.54) is 0 Å². The summed E-state index contributed by atoms with van der Waals surface area (Å²) in [6, 6.07) is 5.38. The molecule has 0 spiro atoms. The Kier molecular flexibility index (Phi) is 2.26. The van der Waals surface area contributed by atoms with Crippen LogP contribution >= 0.6 is 11.6 Å². The maximum absolute atomic E-state index is 12.0. The van der Waals surface area contributed by atoms with Crippen LogP contribution in [0.5, 0.6) is 0 Å². The molecule has 1 aromatic carbocycles. The van der Waals surface area contributed by atoms with E-state index in [1.807, 2.05) is 13.0 Å². The molecule has 5 heteroatoms. The fourth-order valence-corrected chi connectivity index (χ4v) is 2.36. The number of hydrogen-bond acceptors (Lipinski definition) is 3. The third-order valence-electron chi connectivity index (χ3n) is 2.99. The van der Waals surface area contributed by atoms with Crippen molar-refractivity contribution < 1.29 is 4.79 Å². The van der Waals surface area contributed by atoms with Gasteiger partial charge < -0.3 is 0 Å². The molecule has 4 nitrogen and oxygen atoms in total. The van der Waals surface area contributed by atoms with Crippen molar-refractivity contribution in [2.75, 3.05) is 0 Å². The van der Waals surface area contributed by atoms with Crippen molar-refractivity contribution in [3.63, 3.8) is 0 Å². The number of nitrogens with zero attached hydrogens (tertiary/aromatic N) is 3. The lowest BCUT2D eigenvalue weighted by Crippen LogP contribution is -2.03. The van der Waals surface area contributed by atoms with Gasteiger partial charge in [0.15, 0.2) is 5.78 Å². The summed E-state index contributed by atoms with van der Waals surface area (Å²) in [6.07, 6.45) is 0.434. The van der Waals surface area contributed by atoms with Gasteiger partial charge in [0.2, 0.25) is 0 Å². The monoisotopic (exact) mass is 247 g/mol. The van der Waals surface area contributed by atoms with Crippen LogP contribution < -0.4 is 0 Å². The van der Waals surface area contributed by atoms with Gasteiger partial charge in [0.1, 0.15) is 0 Å². The van der Waals surface area contributed by atoms with Crippen LogP contribution in [0.3, 0.4) is 0 Å². The summed E-state index contributed by atoms with van der Waals surface area (Å²) in [5, 5.41) is 8.69. The maximum atomic E-state index is 12.0. The van der Waals surface area contributed by atoms with Gasteiger partial charge in [-0.3, -0.25) is 4.79 Å². The first-order valence-corrected chi connectivity index (χ1v) is 5.78. The Hall–Kier alpha value is -1.68. The van der Waals surface area contributed by atoms with Gasteiger partial charge in [-0.15, -0.1) is 5.10 Å². The average Bonchev–Trinajstić information content (AvgIpc) is 2.61. The smallest absolute Gasteiger partial charge is 0.165 e. The molecule has 0 saturated carbocycles. The Balaban J connectivity index is 2.34. The molecule has 0 bridgehead atoms. The predicted octanol–water partition coefficient (Wildman–Crippen LogP) is 2.49. The molecule has 0 fully saturated rings. The Morgan fingerprint density at radius 2 is 2.18 bits per heavy atom. The molecule has 0 amide bonds. The second-order valence-corrected chi connectivity index (χ2v) is 4.55. The first kappa shape index (κ1) is 10.5. The normalized spacial score (nSPS) is 14.1. The van der Waals surface area contributed by atoms with E-state index in [-0.39, 0.29) is 5.78 Å². The topological polar surface area (TPSA) is 47.8 Å². The summed E-state index contributed by atoms with van der Waals surface area (Å²) in [5.74, 6) is 0.104. The van der Waals surface area contributed by atoms with Crippen LogP contribution in [0.4, 0.5) is 0 Å². The van der Waals surface area contributed by atoms with Crippen molar-refractivity contribution in [1.29, 1.82) is 0 Å². The molecule has 0 radical (unpaired) electrons. The van der Waals surface area contributed by atoms with E-state index in [2.05, 4.69) is 10.3 Å². The molecular weight excluding hydrogens is 238 g/mol. The van der Waals surface area contributed by atoms with E-state index in [1.54, 1.807) is 16.8 Å². The number of carbonyl (C=O) groups excluding carboxylic acids is 1. The van der Waals surface area contributed by atoms with E-state index in [4.69, 9.17) is 11.6 Å². The fraction of sp³-hybridized carbons (Fsp3) is 0.250. The van der Waals surface area contributed by atoms with Crippen molar-refractivity contribution in [1.82, 2.24) is 15.0 Å². The Morgan fingerprint density at radius 1 is 1.35 bits per heavy atom. The fourth-order valence-electron chi connectivity index (χ4n) is 2.19. The highest BCUT2D eigenvalue weighted by Crippen LogP contribution is 2.31. The first-order chi connectivity index (χ1) is 8.16. The number of ketones is 1. The summed E-state index contributed by atoms with van der Waals surface area (Å²) in [5.41, 5.74) is 3.30. The lowest BCUT2D eigenvalue weighted by atomic mass is 10.00. The summed E-state index contributed by atoms with van der Waals surface area (Å²) in [4.78, 5) is 12.0. The van der Waals surface area contributed by atoms with Crippen LogP contribution in [0.15, 0.2) is 18.2 Å². The minimum Gasteiger partial charge on any atom is -0.294 e. The quantitative estimate of drug-likeness (QED) is 0.719. The molecular formula is C12H10ClN3O. The molecule has 0 atom stereocenters. The van der Waals surface area contributed by atoms with Crippen LogP contribution in [0.25, 0.3) is 11.3 Å². The zero-order valence-corrected chi connectivity index (χ0v) is 10.0. The highest BCUT2D eigenvalue weighted by Gasteiger charge is 2.23. The minimum atomic E-state index is 0.104. The molecule has 0 aliphatic carbocycles. The van der Waals surface area contributed by atoms with Gasteiger partial charge in [-0.2, -0.15) is 0 Å². The van der Waals surface area contributed by atoms with Crippen molar-refractivity contribution in [3.05, 3.63) is 34.5 Å². The SMILES string of the molecule is Cc1nnn2c1-c1ccc(Cl)cc1C(=O)CC2. The van der Waals surface area contributed by atoms with Gasteiger partial charge >= 0.3 is 0 Å². The van der Waals surface area contributed by atoms with Gasteiger partial charge in [0, 0.05) is 22.6 Å². The average molecular weight is 248 g/mol. The third kappa shape index (κ3) is 1.56. The maximum Gasteiger partial charge on any atom is 0.165 e. The second kappa shape index (κ2) is 3.67. The number of aromatic nitrogens is 3. The van der Waals surface area contributed by atoms with Gasteiger partial charge in [0.05, 0.1) is 17.9 Å². The van der Waals surface area contributed by atoms with Crippen molar-refractivity contribution >= 4 is 17.4 Å². The molecule has 2 heterocycles. The number of carbonyl (C=O) groups is 1. The lowest BCUT2D eigenvalue weighted by Gasteiger charge is -2.05.